The number of hydrogen-bond donors (Lipinski definition) is 1. The number of hydrogen-bond acceptors (Lipinski definition) is 3. The van der Waals surface area contributed by atoms with Crippen LogP contribution >= 0.6 is 0 Å². The standard InChI is InChI=1S/C16H31NO3/c1-4-19-15(20-5-2)12-17-16(18)13(3)11-14-9-7-6-8-10-14/h13-15H,4-12H2,1-3H3,(H,17,18). The van der Waals surface area contributed by atoms with Gasteiger partial charge in [0.15, 0.2) is 6.29 Å². The third-order valence-corrected chi connectivity index (χ3v) is 4.01. The van der Waals surface area contributed by atoms with Crippen molar-refractivity contribution < 1.29 is 14.3 Å². The number of rotatable bonds is 9. The molecule has 4 nitrogen and oxygen atoms in total. The topological polar surface area (TPSA) is 47.6 Å². The minimum Gasteiger partial charge on any atom is -0.351 e. The van der Waals surface area contributed by atoms with E-state index in [0.717, 1.165) is 12.3 Å². The van der Waals surface area contributed by atoms with Crippen LogP contribution in [0.15, 0.2) is 0 Å². The lowest BCUT2D eigenvalue weighted by Crippen LogP contribution is -2.38. The van der Waals surface area contributed by atoms with Crippen LogP contribution in [0.2, 0.25) is 0 Å². The highest BCUT2D eigenvalue weighted by atomic mass is 16.7. The van der Waals surface area contributed by atoms with Gasteiger partial charge in [0, 0.05) is 19.1 Å². The molecule has 0 heterocycles. The Bertz CT molecular complexity index is 258. The Morgan fingerprint density at radius 3 is 2.30 bits per heavy atom. The quantitative estimate of drug-likeness (QED) is 0.662. The van der Waals surface area contributed by atoms with E-state index in [1.165, 1.54) is 32.1 Å². The molecule has 0 saturated heterocycles. The first-order valence-corrected chi connectivity index (χ1v) is 8.18. The molecular formula is C16H31NO3. The Labute approximate surface area is 123 Å². The largest absolute Gasteiger partial charge is 0.351 e. The molecule has 1 amide bonds. The minimum absolute atomic E-state index is 0.0852. The van der Waals surface area contributed by atoms with Crippen molar-refractivity contribution >= 4 is 5.91 Å². The van der Waals surface area contributed by atoms with E-state index in [2.05, 4.69) is 5.32 Å². The Hall–Kier alpha value is -0.610. The first-order chi connectivity index (χ1) is 9.67. The minimum atomic E-state index is -0.323. The van der Waals surface area contributed by atoms with Crippen molar-refractivity contribution in [3.63, 3.8) is 0 Å². The predicted molar refractivity (Wildman–Crippen MR) is 80.4 cm³/mol. The molecule has 1 aliphatic rings. The fourth-order valence-electron chi connectivity index (χ4n) is 2.93. The van der Waals surface area contributed by atoms with E-state index in [1.807, 2.05) is 20.8 Å². The zero-order chi connectivity index (χ0) is 14.8. The molecule has 20 heavy (non-hydrogen) atoms. The van der Waals surface area contributed by atoms with Gasteiger partial charge in [-0.3, -0.25) is 4.79 Å². The van der Waals surface area contributed by atoms with Crippen molar-refractivity contribution in [1.82, 2.24) is 5.32 Å². The molecule has 1 unspecified atom stereocenters. The SMILES string of the molecule is CCOC(CNC(=O)C(C)CC1CCCCC1)OCC. The van der Waals surface area contributed by atoms with E-state index in [4.69, 9.17) is 9.47 Å². The van der Waals surface area contributed by atoms with Gasteiger partial charge in [-0.15, -0.1) is 0 Å². The van der Waals surface area contributed by atoms with E-state index in [0.29, 0.717) is 19.8 Å². The number of nitrogens with one attached hydrogen (secondary N) is 1. The fraction of sp³-hybridized carbons (Fsp3) is 0.938. The maximum atomic E-state index is 12.1. The van der Waals surface area contributed by atoms with Gasteiger partial charge in [-0.1, -0.05) is 39.0 Å². The van der Waals surface area contributed by atoms with Crippen molar-refractivity contribution in [3.8, 4) is 0 Å². The van der Waals surface area contributed by atoms with Crippen LogP contribution in [-0.4, -0.2) is 32.0 Å². The molecule has 1 fully saturated rings. The molecule has 1 aliphatic carbocycles. The number of ether oxygens (including phenoxy) is 2. The summed E-state index contributed by atoms with van der Waals surface area (Å²) in [5, 5.41) is 2.95. The van der Waals surface area contributed by atoms with Crippen LogP contribution in [0.25, 0.3) is 0 Å². The van der Waals surface area contributed by atoms with Crippen molar-refractivity contribution in [2.45, 2.75) is 65.6 Å². The van der Waals surface area contributed by atoms with Crippen LogP contribution in [0.4, 0.5) is 0 Å². The second kappa shape index (κ2) is 10.2. The third kappa shape index (κ3) is 6.71. The summed E-state index contributed by atoms with van der Waals surface area (Å²) in [4.78, 5) is 12.1. The van der Waals surface area contributed by atoms with Gasteiger partial charge in [0.05, 0.1) is 6.54 Å². The average Bonchev–Trinajstić information content (AvgIpc) is 2.46. The molecular weight excluding hydrogens is 254 g/mol. The van der Waals surface area contributed by atoms with Gasteiger partial charge in [0.25, 0.3) is 0 Å². The predicted octanol–water partition coefficient (Wildman–Crippen LogP) is 3.11. The van der Waals surface area contributed by atoms with E-state index in [-0.39, 0.29) is 18.1 Å². The highest BCUT2D eigenvalue weighted by molar-refractivity contribution is 5.78. The molecule has 0 bridgehead atoms. The smallest absolute Gasteiger partial charge is 0.223 e. The van der Waals surface area contributed by atoms with Crippen LogP contribution in [0.5, 0.6) is 0 Å². The molecule has 4 heteroatoms. The van der Waals surface area contributed by atoms with Crippen LogP contribution in [-0.2, 0) is 14.3 Å². The summed E-state index contributed by atoms with van der Waals surface area (Å²) in [6.45, 7) is 7.52. The first kappa shape index (κ1) is 17.4. The molecule has 0 aromatic rings. The summed E-state index contributed by atoms with van der Waals surface area (Å²) in [5.41, 5.74) is 0. The van der Waals surface area contributed by atoms with E-state index in [1.54, 1.807) is 0 Å². The molecule has 118 valence electrons. The lowest BCUT2D eigenvalue weighted by molar-refractivity contribution is -0.142. The number of carbonyl (C=O) groups is 1. The molecule has 1 rings (SSSR count). The summed E-state index contributed by atoms with van der Waals surface area (Å²) >= 11 is 0. The lowest BCUT2D eigenvalue weighted by atomic mass is 9.83. The van der Waals surface area contributed by atoms with Crippen molar-refractivity contribution in [3.05, 3.63) is 0 Å². The number of carbonyl (C=O) groups excluding carboxylic acids is 1. The van der Waals surface area contributed by atoms with Gasteiger partial charge in [-0.05, 0) is 26.2 Å². The third-order valence-electron chi connectivity index (χ3n) is 4.01. The molecule has 1 N–H and O–H groups in total. The first-order valence-electron chi connectivity index (χ1n) is 8.18. The molecule has 0 radical (unpaired) electrons. The highest BCUT2D eigenvalue weighted by Crippen LogP contribution is 2.28. The Morgan fingerprint density at radius 1 is 1.15 bits per heavy atom. The maximum absolute atomic E-state index is 12.1. The lowest BCUT2D eigenvalue weighted by Gasteiger charge is -2.24. The summed E-state index contributed by atoms with van der Waals surface area (Å²) in [7, 11) is 0. The zero-order valence-corrected chi connectivity index (χ0v) is 13.3. The Morgan fingerprint density at radius 2 is 1.75 bits per heavy atom. The molecule has 0 aromatic heterocycles. The average molecular weight is 285 g/mol. The summed E-state index contributed by atoms with van der Waals surface area (Å²) < 4.78 is 10.9. The van der Waals surface area contributed by atoms with Gasteiger partial charge in [-0.2, -0.15) is 0 Å². The summed E-state index contributed by atoms with van der Waals surface area (Å²) in [6.07, 6.45) is 7.29. The normalized spacial score (nSPS) is 18.2. The molecule has 0 aromatic carbocycles. The van der Waals surface area contributed by atoms with E-state index >= 15 is 0 Å². The van der Waals surface area contributed by atoms with Crippen molar-refractivity contribution in [1.29, 1.82) is 0 Å². The Kier molecular flexibility index (Phi) is 8.86. The summed E-state index contributed by atoms with van der Waals surface area (Å²) in [5.74, 6) is 0.945. The van der Waals surface area contributed by atoms with Crippen LogP contribution < -0.4 is 5.32 Å². The van der Waals surface area contributed by atoms with Gasteiger partial charge in [0.2, 0.25) is 5.91 Å². The zero-order valence-electron chi connectivity index (χ0n) is 13.3. The maximum Gasteiger partial charge on any atom is 0.223 e. The second-order valence-electron chi connectivity index (χ2n) is 5.73. The highest BCUT2D eigenvalue weighted by Gasteiger charge is 2.21. The van der Waals surface area contributed by atoms with Crippen molar-refractivity contribution in [2.75, 3.05) is 19.8 Å². The van der Waals surface area contributed by atoms with Crippen LogP contribution in [0.3, 0.4) is 0 Å². The second-order valence-corrected chi connectivity index (χ2v) is 5.73. The molecule has 0 aliphatic heterocycles. The van der Waals surface area contributed by atoms with E-state index in [9.17, 15) is 4.79 Å². The molecule has 0 spiro atoms. The van der Waals surface area contributed by atoms with Crippen molar-refractivity contribution in [2.24, 2.45) is 11.8 Å². The molecule has 1 saturated carbocycles. The van der Waals surface area contributed by atoms with Crippen LogP contribution in [0, 0.1) is 11.8 Å². The van der Waals surface area contributed by atoms with Gasteiger partial charge in [0.1, 0.15) is 0 Å². The van der Waals surface area contributed by atoms with E-state index < -0.39 is 0 Å². The number of amides is 1. The fourth-order valence-corrected chi connectivity index (χ4v) is 2.93. The monoisotopic (exact) mass is 285 g/mol. The summed E-state index contributed by atoms with van der Waals surface area (Å²) in [6, 6.07) is 0. The molecule has 1 atom stereocenters. The van der Waals surface area contributed by atoms with Crippen LogP contribution in [0.1, 0.15) is 59.3 Å². The van der Waals surface area contributed by atoms with Gasteiger partial charge in [-0.25, -0.2) is 0 Å². The Balaban J connectivity index is 2.25. The van der Waals surface area contributed by atoms with Gasteiger partial charge >= 0.3 is 0 Å². The van der Waals surface area contributed by atoms with Gasteiger partial charge < -0.3 is 14.8 Å².